The molecule has 2 aliphatic rings. The number of hydrogen-bond acceptors (Lipinski definition) is 3. The van der Waals surface area contributed by atoms with Gasteiger partial charge in [0.2, 0.25) is 10.0 Å². The van der Waals surface area contributed by atoms with Crippen LogP contribution in [-0.4, -0.2) is 68.8 Å². The third kappa shape index (κ3) is 4.84. The Bertz CT molecular complexity index is 837. The zero-order valence-corrected chi connectivity index (χ0v) is 19.3. The molecule has 2 heterocycles. The second-order valence-electron chi connectivity index (χ2n) is 9.24. The standard InChI is InChI=1S/C22H35N3O3S/c1-16-6-7-19(4)21(13-16)29(27,28)25-10-8-23(9-11-25)20(5)22(26)24-14-17(2)12-18(3)15-24/h6-7,13,17-18,20H,8-12,14-15H2,1-5H3/p+1/t17-,18-,20+/m0/s1. The number of rotatable bonds is 4. The molecule has 1 aromatic rings. The van der Waals surface area contributed by atoms with E-state index in [0.717, 1.165) is 24.2 Å². The van der Waals surface area contributed by atoms with Crippen molar-refractivity contribution in [1.82, 2.24) is 9.21 Å². The number of carbonyl (C=O) groups is 1. The summed E-state index contributed by atoms with van der Waals surface area (Å²) < 4.78 is 27.8. The predicted octanol–water partition coefficient (Wildman–Crippen LogP) is 1.09. The van der Waals surface area contributed by atoms with Crippen LogP contribution < -0.4 is 4.90 Å². The molecule has 7 heteroatoms. The number of likely N-dealkylation sites (tertiary alicyclic amines) is 1. The monoisotopic (exact) mass is 422 g/mol. The van der Waals surface area contributed by atoms with Crippen molar-refractivity contribution in [2.45, 2.75) is 52.0 Å². The molecule has 3 rings (SSSR count). The smallest absolute Gasteiger partial charge is 0.280 e. The van der Waals surface area contributed by atoms with E-state index >= 15 is 0 Å². The second-order valence-corrected chi connectivity index (χ2v) is 11.1. The van der Waals surface area contributed by atoms with E-state index in [1.165, 1.54) is 11.3 Å². The molecule has 3 atom stereocenters. The quantitative estimate of drug-likeness (QED) is 0.790. The molecule has 29 heavy (non-hydrogen) atoms. The van der Waals surface area contributed by atoms with E-state index in [1.54, 1.807) is 10.4 Å². The number of sulfonamides is 1. The zero-order chi connectivity index (χ0) is 21.3. The Morgan fingerprint density at radius 2 is 1.69 bits per heavy atom. The van der Waals surface area contributed by atoms with Crippen LogP contribution in [0, 0.1) is 25.7 Å². The fraction of sp³-hybridized carbons (Fsp3) is 0.682. The van der Waals surface area contributed by atoms with Gasteiger partial charge in [-0.15, -0.1) is 0 Å². The van der Waals surface area contributed by atoms with Crippen LogP contribution in [0.5, 0.6) is 0 Å². The predicted molar refractivity (Wildman–Crippen MR) is 114 cm³/mol. The van der Waals surface area contributed by atoms with Crippen molar-refractivity contribution in [3.05, 3.63) is 29.3 Å². The minimum absolute atomic E-state index is 0.127. The molecular formula is C22H36N3O3S+. The molecule has 0 saturated carbocycles. The van der Waals surface area contributed by atoms with Crippen molar-refractivity contribution in [3.8, 4) is 0 Å². The van der Waals surface area contributed by atoms with Crippen molar-refractivity contribution < 1.29 is 18.1 Å². The summed E-state index contributed by atoms with van der Waals surface area (Å²) in [4.78, 5) is 16.7. The van der Waals surface area contributed by atoms with Crippen LogP contribution in [0.3, 0.4) is 0 Å². The average Bonchev–Trinajstić information content (AvgIpc) is 2.68. The molecular weight excluding hydrogens is 386 g/mol. The van der Waals surface area contributed by atoms with Gasteiger partial charge in [0.15, 0.2) is 6.04 Å². The molecule has 1 N–H and O–H groups in total. The van der Waals surface area contributed by atoms with Gasteiger partial charge in [-0.3, -0.25) is 4.79 Å². The van der Waals surface area contributed by atoms with Gasteiger partial charge in [-0.05, 0) is 56.2 Å². The number of piperazine rings is 1. The van der Waals surface area contributed by atoms with Crippen molar-refractivity contribution in [1.29, 1.82) is 0 Å². The van der Waals surface area contributed by atoms with Gasteiger partial charge in [0.05, 0.1) is 31.1 Å². The van der Waals surface area contributed by atoms with Gasteiger partial charge in [0.25, 0.3) is 5.91 Å². The molecule has 1 amide bonds. The first-order valence-electron chi connectivity index (χ1n) is 10.8. The Balaban J connectivity index is 1.64. The fourth-order valence-corrected chi connectivity index (χ4v) is 6.61. The SMILES string of the molecule is Cc1ccc(C)c(S(=O)(=O)N2CC[NH+]([C@H](C)C(=O)N3C[C@@H](C)C[C@H](C)C3)CC2)c1. The minimum atomic E-state index is -3.49. The number of piperidine rings is 1. The summed E-state index contributed by atoms with van der Waals surface area (Å²) in [6, 6.07) is 5.43. The van der Waals surface area contributed by atoms with Crippen molar-refractivity contribution in [3.63, 3.8) is 0 Å². The Hall–Kier alpha value is -1.44. The maximum Gasteiger partial charge on any atom is 0.280 e. The van der Waals surface area contributed by atoms with E-state index in [4.69, 9.17) is 0 Å². The molecule has 1 aromatic carbocycles. The lowest BCUT2D eigenvalue weighted by molar-refractivity contribution is -0.918. The Morgan fingerprint density at radius 1 is 1.10 bits per heavy atom. The number of hydrogen-bond donors (Lipinski definition) is 1. The highest BCUT2D eigenvalue weighted by molar-refractivity contribution is 7.89. The first-order chi connectivity index (χ1) is 13.6. The first-order valence-corrected chi connectivity index (χ1v) is 12.2. The van der Waals surface area contributed by atoms with Crippen molar-refractivity contribution in [2.24, 2.45) is 11.8 Å². The van der Waals surface area contributed by atoms with Crippen LogP contribution in [0.1, 0.15) is 38.3 Å². The van der Waals surface area contributed by atoms with Crippen LogP contribution in [0.25, 0.3) is 0 Å². The topological polar surface area (TPSA) is 62.1 Å². The molecule has 2 fully saturated rings. The maximum atomic E-state index is 13.1. The molecule has 0 aliphatic carbocycles. The van der Waals surface area contributed by atoms with Gasteiger partial charge >= 0.3 is 0 Å². The molecule has 0 radical (unpaired) electrons. The van der Waals surface area contributed by atoms with Crippen LogP contribution in [0.2, 0.25) is 0 Å². The molecule has 2 aliphatic heterocycles. The number of carbonyl (C=O) groups excluding carboxylic acids is 1. The Kier molecular flexibility index (Phi) is 6.70. The van der Waals surface area contributed by atoms with Gasteiger partial charge in [-0.2, -0.15) is 4.31 Å². The first kappa shape index (κ1) is 22.2. The summed E-state index contributed by atoms with van der Waals surface area (Å²) in [5.74, 6) is 1.30. The molecule has 2 saturated heterocycles. The number of nitrogens with zero attached hydrogens (tertiary/aromatic N) is 2. The molecule has 0 spiro atoms. The van der Waals surface area contributed by atoms with Crippen molar-refractivity contribution >= 4 is 15.9 Å². The van der Waals surface area contributed by atoms with Gasteiger partial charge in [-0.1, -0.05) is 26.0 Å². The highest BCUT2D eigenvalue weighted by atomic mass is 32.2. The fourth-order valence-electron chi connectivity index (χ4n) is 4.86. The van der Waals surface area contributed by atoms with E-state index in [0.29, 0.717) is 42.9 Å². The average molecular weight is 423 g/mol. The van der Waals surface area contributed by atoms with Gasteiger partial charge in [0, 0.05) is 13.1 Å². The number of quaternary nitrogens is 1. The minimum Gasteiger partial charge on any atom is -0.337 e. The van der Waals surface area contributed by atoms with Gasteiger partial charge in [0.1, 0.15) is 0 Å². The van der Waals surface area contributed by atoms with Gasteiger partial charge < -0.3 is 9.80 Å². The van der Waals surface area contributed by atoms with Crippen molar-refractivity contribution in [2.75, 3.05) is 39.3 Å². The third-order valence-electron chi connectivity index (χ3n) is 6.49. The van der Waals surface area contributed by atoms with Gasteiger partial charge in [-0.25, -0.2) is 8.42 Å². The lowest BCUT2D eigenvalue weighted by Gasteiger charge is -2.39. The Labute approximate surface area is 175 Å². The molecule has 0 unspecified atom stereocenters. The Morgan fingerprint density at radius 3 is 2.28 bits per heavy atom. The number of amides is 1. The van der Waals surface area contributed by atoms with Crippen LogP contribution >= 0.6 is 0 Å². The molecule has 162 valence electrons. The second kappa shape index (κ2) is 8.74. The van der Waals surface area contributed by atoms with E-state index < -0.39 is 10.0 Å². The summed E-state index contributed by atoms with van der Waals surface area (Å²) in [7, 11) is -3.49. The summed E-state index contributed by atoms with van der Waals surface area (Å²) in [5.41, 5.74) is 1.73. The van der Waals surface area contributed by atoms with E-state index in [1.807, 2.05) is 37.8 Å². The van der Waals surface area contributed by atoms with Crippen LogP contribution in [-0.2, 0) is 14.8 Å². The third-order valence-corrected chi connectivity index (χ3v) is 8.53. The number of aryl methyl sites for hydroxylation is 2. The van der Waals surface area contributed by atoms with Crippen LogP contribution in [0.4, 0.5) is 0 Å². The van der Waals surface area contributed by atoms with E-state index in [2.05, 4.69) is 13.8 Å². The molecule has 0 aromatic heterocycles. The summed E-state index contributed by atoms with van der Waals surface area (Å²) in [6.07, 6.45) is 1.18. The lowest BCUT2D eigenvalue weighted by atomic mass is 9.91. The van der Waals surface area contributed by atoms with Crippen LogP contribution in [0.15, 0.2) is 23.1 Å². The summed E-state index contributed by atoms with van der Waals surface area (Å²) in [6.45, 7) is 14.1. The summed E-state index contributed by atoms with van der Waals surface area (Å²) in [5, 5.41) is 0. The largest absolute Gasteiger partial charge is 0.337 e. The molecule has 0 bridgehead atoms. The lowest BCUT2D eigenvalue weighted by Crippen LogP contribution is -3.19. The maximum absolute atomic E-state index is 13.1. The van der Waals surface area contributed by atoms with E-state index in [9.17, 15) is 13.2 Å². The highest BCUT2D eigenvalue weighted by Crippen LogP contribution is 2.22. The normalized spacial score (nSPS) is 25.8. The number of nitrogens with one attached hydrogen (secondary N) is 1. The summed E-state index contributed by atoms with van der Waals surface area (Å²) >= 11 is 0. The van der Waals surface area contributed by atoms with E-state index in [-0.39, 0.29) is 11.9 Å². The number of benzene rings is 1. The molecule has 6 nitrogen and oxygen atoms in total. The highest BCUT2D eigenvalue weighted by Gasteiger charge is 2.37. The zero-order valence-electron chi connectivity index (χ0n) is 18.4.